The fraction of sp³-hybridized carbons (Fsp3) is 0.600. The van der Waals surface area contributed by atoms with E-state index in [1.54, 1.807) is 0 Å². The highest BCUT2D eigenvalue weighted by molar-refractivity contribution is 7.86. The third kappa shape index (κ3) is 10.1. The lowest BCUT2D eigenvalue weighted by Gasteiger charge is -2.09. The molecule has 0 saturated heterocycles. The average Bonchev–Trinajstić information content (AvgIpc) is 2.18. The Morgan fingerprint density at radius 1 is 1.29 bits per heavy atom. The van der Waals surface area contributed by atoms with Crippen LogP contribution in [-0.2, 0) is 10.1 Å². The van der Waals surface area contributed by atoms with Crippen LogP contribution in [0, 0.1) is 0 Å². The van der Waals surface area contributed by atoms with Gasteiger partial charge >= 0.3 is 15.4 Å². The van der Waals surface area contributed by atoms with Crippen molar-refractivity contribution in [3.63, 3.8) is 0 Å². The Morgan fingerprint density at radius 2 is 1.71 bits per heavy atom. The highest BCUT2D eigenvalue weighted by Crippen LogP contribution is 2.25. The summed E-state index contributed by atoms with van der Waals surface area (Å²) >= 11 is 0. The first kappa shape index (κ1) is 18.6. The quantitative estimate of drug-likeness (QED) is 0.423. The summed E-state index contributed by atoms with van der Waals surface area (Å²) in [5, 5.41) is -0.936. The molecule has 0 bridgehead atoms. The maximum Gasteiger partial charge on any atom is 0.370 e. The summed E-state index contributed by atoms with van der Waals surface area (Å²) in [6.45, 7) is 10.2. The van der Waals surface area contributed by atoms with Crippen molar-refractivity contribution in [2.24, 2.45) is 0 Å². The van der Waals surface area contributed by atoms with E-state index in [0.717, 1.165) is 13.1 Å². The molecule has 0 unspecified atom stereocenters. The molecule has 0 amide bonds. The Balaban J connectivity index is 0. The smallest absolute Gasteiger partial charge is 0.310 e. The van der Waals surface area contributed by atoms with Crippen molar-refractivity contribution in [1.82, 2.24) is 5.32 Å². The first-order valence-electron chi connectivity index (χ1n) is 5.00. The van der Waals surface area contributed by atoms with Crippen LogP contribution in [-0.4, -0.2) is 31.3 Å². The Morgan fingerprint density at radius 3 is 1.88 bits per heavy atom. The molecule has 102 valence electrons. The van der Waals surface area contributed by atoms with Crippen LogP contribution in [0.5, 0.6) is 0 Å². The second-order valence-corrected chi connectivity index (χ2v) is 4.65. The van der Waals surface area contributed by atoms with Crippen molar-refractivity contribution >= 4 is 10.1 Å². The van der Waals surface area contributed by atoms with Crippen LogP contribution < -0.4 is 5.32 Å². The number of alkyl halides is 2. The summed E-state index contributed by atoms with van der Waals surface area (Å²) in [5.74, 6) is 0. The fourth-order valence-electron chi connectivity index (χ4n) is 0.707. The number of hydrogen-bond donors (Lipinski definition) is 2. The van der Waals surface area contributed by atoms with Crippen molar-refractivity contribution < 1.29 is 21.8 Å². The maximum absolute atomic E-state index is 12.1. The van der Waals surface area contributed by atoms with Crippen LogP contribution in [0.4, 0.5) is 8.78 Å². The zero-order chi connectivity index (χ0) is 13.9. The molecule has 0 aliphatic rings. The predicted molar refractivity (Wildman–Crippen MR) is 64.7 cm³/mol. The van der Waals surface area contributed by atoms with Crippen LogP contribution in [0.3, 0.4) is 0 Å². The normalized spacial score (nSPS) is 11.3. The number of halogens is 2. The summed E-state index contributed by atoms with van der Waals surface area (Å²) in [5.41, 5.74) is 0. The molecule has 4 nitrogen and oxygen atoms in total. The van der Waals surface area contributed by atoms with E-state index in [2.05, 4.69) is 18.5 Å². The minimum absolute atomic E-state index is 0.00674. The van der Waals surface area contributed by atoms with E-state index in [9.17, 15) is 17.2 Å². The van der Waals surface area contributed by atoms with Gasteiger partial charge in [0.1, 0.15) is 0 Å². The van der Waals surface area contributed by atoms with Crippen LogP contribution in [0.15, 0.2) is 25.3 Å². The Labute approximate surface area is 101 Å². The first-order valence-corrected chi connectivity index (χ1v) is 6.44. The molecule has 17 heavy (non-hydrogen) atoms. The van der Waals surface area contributed by atoms with Gasteiger partial charge in [-0.2, -0.15) is 17.2 Å². The van der Waals surface area contributed by atoms with Gasteiger partial charge in [-0.15, -0.1) is 13.2 Å². The standard InChI is InChI=1S/C6H11N.C4H8F2O3S/c1-3-5-7-6-4-2;1-2-3-4(5,6)10(7,8)9/h3-4,7H,1-2,5-6H2;2-3H2,1H3,(H,7,8,9). The van der Waals surface area contributed by atoms with Gasteiger partial charge in [-0.25, -0.2) is 0 Å². The molecule has 0 radical (unpaired) electrons. The lowest BCUT2D eigenvalue weighted by molar-refractivity contribution is 0.0706. The summed E-state index contributed by atoms with van der Waals surface area (Å²) < 4.78 is 51.8. The molecule has 0 aromatic carbocycles. The summed E-state index contributed by atoms with van der Waals surface area (Å²) in [6.07, 6.45) is 2.81. The van der Waals surface area contributed by atoms with Crippen molar-refractivity contribution in [3.05, 3.63) is 25.3 Å². The van der Waals surface area contributed by atoms with E-state index in [4.69, 9.17) is 4.55 Å². The highest BCUT2D eigenvalue weighted by Gasteiger charge is 2.42. The van der Waals surface area contributed by atoms with E-state index in [-0.39, 0.29) is 6.42 Å². The topological polar surface area (TPSA) is 66.4 Å². The van der Waals surface area contributed by atoms with Gasteiger partial charge in [0.2, 0.25) is 0 Å². The molecule has 0 saturated carbocycles. The minimum atomic E-state index is -5.20. The lowest BCUT2D eigenvalue weighted by Crippen LogP contribution is -2.27. The van der Waals surface area contributed by atoms with Gasteiger partial charge in [0.25, 0.3) is 0 Å². The molecule has 0 rings (SSSR count). The Hall–Kier alpha value is -0.790. The second kappa shape index (κ2) is 9.26. The Bertz CT molecular complexity index is 308. The molecule has 0 heterocycles. The lowest BCUT2D eigenvalue weighted by atomic mass is 10.3. The van der Waals surface area contributed by atoms with E-state index >= 15 is 0 Å². The second-order valence-electron chi connectivity index (χ2n) is 3.10. The molecule has 0 spiro atoms. The number of rotatable bonds is 7. The fourth-order valence-corrected chi connectivity index (χ4v) is 1.17. The highest BCUT2D eigenvalue weighted by atomic mass is 32.2. The van der Waals surface area contributed by atoms with Crippen LogP contribution in [0.25, 0.3) is 0 Å². The van der Waals surface area contributed by atoms with Gasteiger partial charge in [0, 0.05) is 19.5 Å². The minimum Gasteiger partial charge on any atom is -0.310 e. The first-order chi connectivity index (χ1) is 7.72. The van der Waals surface area contributed by atoms with Gasteiger partial charge in [-0.1, -0.05) is 19.1 Å². The third-order valence-electron chi connectivity index (χ3n) is 1.50. The van der Waals surface area contributed by atoms with Gasteiger partial charge in [-0.3, -0.25) is 4.55 Å². The van der Waals surface area contributed by atoms with Crippen molar-refractivity contribution in [2.75, 3.05) is 13.1 Å². The van der Waals surface area contributed by atoms with Crippen LogP contribution in [0.1, 0.15) is 19.8 Å². The zero-order valence-corrected chi connectivity index (χ0v) is 10.6. The SMILES string of the molecule is C=CCNCC=C.CCCC(F)(F)S(=O)(=O)O. The van der Waals surface area contributed by atoms with Crippen LogP contribution in [0.2, 0.25) is 0 Å². The summed E-state index contributed by atoms with van der Waals surface area (Å²) in [4.78, 5) is 0. The van der Waals surface area contributed by atoms with E-state index < -0.39 is 21.8 Å². The summed E-state index contributed by atoms with van der Waals surface area (Å²) in [6, 6.07) is 0. The number of nitrogens with one attached hydrogen (secondary N) is 1. The van der Waals surface area contributed by atoms with Crippen molar-refractivity contribution in [2.45, 2.75) is 25.0 Å². The van der Waals surface area contributed by atoms with Gasteiger partial charge < -0.3 is 5.32 Å². The van der Waals surface area contributed by atoms with Crippen molar-refractivity contribution in [3.8, 4) is 0 Å². The molecule has 0 aromatic rings. The largest absolute Gasteiger partial charge is 0.370 e. The molecule has 0 aromatic heterocycles. The molecular formula is C10H19F2NO3S. The molecule has 0 atom stereocenters. The molecular weight excluding hydrogens is 252 g/mol. The zero-order valence-electron chi connectivity index (χ0n) is 9.83. The average molecular weight is 271 g/mol. The van der Waals surface area contributed by atoms with Crippen molar-refractivity contribution in [1.29, 1.82) is 0 Å². The van der Waals surface area contributed by atoms with Gasteiger partial charge in [0.15, 0.2) is 0 Å². The maximum atomic E-state index is 12.1. The van der Waals surface area contributed by atoms with E-state index in [1.165, 1.54) is 6.92 Å². The molecule has 0 aliphatic carbocycles. The van der Waals surface area contributed by atoms with Crippen LogP contribution >= 0.6 is 0 Å². The molecule has 2 N–H and O–H groups in total. The monoisotopic (exact) mass is 271 g/mol. The van der Waals surface area contributed by atoms with Gasteiger partial charge in [-0.05, 0) is 6.42 Å². The van der Waals surface area contributed by atoms with E-state index in [0.29, 0.717) is 0 Å². The molecule has 7 heteroatoms. The Kier molecular flexibility index (Phi) is 10.1. The third-order valence-corrected chi connectivity index (χ3v) is 2.45. The molecule has 0 aliphatic heterocycles. The van der Waals surface area contributed by atoms with Gasteiger partial charge in [0.05, 0.1) is 0 Å². The molecule has 0 fully saturated rings. The van der Waals surface area contributed by atoms with E-state index in [1.807, 2.05) is 12.2 Å². The summed E-state index contributed by atoms with van der Waals surface area (Å²) in [7, 11) is -5.20. The number of hydrogen-bond acceptors (Lipinski definition) is 3. The predicted octanol–water partition coefficient (Wildman–Crippen LogP) is 2.22.